The molecule has 0 amide bonds. The normalized spacial score (nSPS) is 10.8. The van der Waals surface area contributed by atoms with Gasteiger partial charge in [-0.05, 0) is 34.9 Å². The van der Waals surface area contributed by atoms with Crippen LogP contribution in [0.3, 0.4) is 0 Å². The molecule has 0 saturated heterocycles. The molecule has 0 unspecified atom stereocenters. The van der Waals surface area contributed by atoms with E-state index in [1.54, 1.807) is 27.5 Å². The van der Waals surface area contributed by atoms with E-state index in [-0.39, 0.29) is 24.0 Å². The number of halogens is 1. The maximum absolute atomic E-state index is 5.37. The van der Waals surface area contributed by atoms with Gasteiger partial charge in [-0.2, -0.15) is 5.10 Å². The van der Waals surface area contributed by atoms with Crippen LogP contribution in [0.5, 0.6) is 11.5 Å². The van der Waals surface area contributed by atoms with Crippen LogP contribution in [0.25, 0.3) is 0 Å². The van der Waals surface area contributed by atoms with E-state index in [1.165, 1.54) is 11.1 Å². The van der Waals surface area contributed by atoms with Crippen molar-refractivity contribution in [3.05, 3.63) is 77.6 Å². The summed E-state index contributed by atoms with van der Waals surface area (Å²) in [7, 11) is 5.03. The lowest BCUT2D eigenvalue weighted by atomic mass is 10.1. The molecule has 8 heteroatoms. The van der Waals surface area contributed by atoms with Gasteiger partial charge in [0.2, 0.25) is 0 Å². The molecule has 2 aromatic carbocycles. The lowest BCUT2D eigenvalue weighted by Crippen LogP contribution is -2.36. The number of guanidine groups is 1. The molecule has 0 atom stereocenters. The minimum atomic E-state index is 0. The van der Waals surface area contributed by atoms with E-state index >= 15 is 0 Å². The van der Waals surface area contributed by atoms with E-state index in [4.69, 9.17) is 9.47 Å². The highest BCUT2D eigenvalue weighted by molar-refractivity contribution is 14.0. The Kier molecular flexibility index (Phi) is 9.46. The van der Waals surface area contributed by atoms with Gasteiger partial charge in [0.25, 0.3) is 0 Å². The average molecular weight is 521 g/mol. The molecule has 0 aliphatic rings. The van der Waals surface area contributed by atoms with Gasteiger partial charge < -0.3 is 20.1 Å². The van der Waals surface area contributed by atoms with E-state index in [0.717, 1.165) is 18.1 Å². The summed E-state index contributed by atoms with van der Waals surface area (Å²) >= 11 is 0. The van der Waals surface area contributed by atoms with Crippen molar-refractivity contribution in [2.24, 2.45) is 4.99 Å². The Bertz CT molecular complexity index is 944. The minimum Gasteiger partial charge on any atom is -0.493 e. The predicted molar refractivity (Wildman–Crippen MR) is 130 cm³/mol. The highest BCUT2D eigenvalue weighted by Gasteiger charge is 2.07. The highest BCUT2D eigenvalue weighted by Crippen LogP contribution is 2.27. The zero-order valence-electron chi connectivity index (χ0n) is 17.5. The summed E-state index contributed by atoms with van der Waals surface area (Å²) in [5.41, 5.74) is 3.50. The van der Waals surface area contributed by atoms with Crippen molar-refractivity contribution in [2.75, 3.05) is 21.3 Å². The van der Waals surface area contributed by atoms with Crippen molar-refractivity contribution in [1.29, 1.82) is 0 Å². The summed E-state index contributed by atoms with van der Waals surface area (Å²) in [6.45, 7) is 2.03. The summed E-state index contributed by atoms with van der Waals surface area (Å²) in [6, 6.07) is 16.1. The van der Waals surface area contributed by atoms with Crippen molar-refractivity contribution in [2.45, 2.75) is 19.6 Å². The number of aliphatic imine (C=N–C) groups is 1. The molecule has 30 heavy (non-hydrogen) atoms. The molecule has 0 aliphatic heterocycles. The molecule has 3 rings (SSSR count). The number of hydrogen-bond donors (Lipinski definition) is 2. The Morgan fingerprint density at radius 3 is 2.37 bits per heavy atom. The first-order valence-electron chi connectivity index (χ1n) is 9.43. The van der Waals surface area contributed by atoms with E-state index < -0.39 is 0 Å². The number of benzene rings is 2. The quantitative estimate of drug-likeness (QED) is 0.270. The maximum atomic E-state index is 5.37. The first-order chi connectivity index (χ1) is 14.2. The molecular formula is C22H28IN5O2. The second-order valence-corrected chi connectivity index (χ2v) is 6.44. The molecule has 3 aromatic rings. The molecule has 2 N–H and O–H groups in total. The molecule has 160 valence electrons. The van der Waals surface area contributed by atoms with E-state index in [9.17, 15) is 0 Å². The molecule has 0 fully saturated rings. The van der Waals surface area contributed by atoms with Crippen LogP contribution < -0.4 is 20.1 Å². The van der Waals surface area contributed by atoms with Crippen LogP contribution >= 0.6 is 24.0 Å². The molecule has 0 saturated carbocycles. The number of hydrogen-bond acceptors (Lipinski definition) is 4. The van der Waals surface area contributed by atoms with Gasteiger partial charge in [0.05, 0.1) is 20.8 Å². The lowest BCUT2D eigenvalue weighted by molar-refractivity contribution is 0.354. The van der Waals surface area contributed by atoms with Crippen molar-refractivity contribution >= 4 is 29.9 Å². The van der Waals surface area contributed by atoms with Gasteiger partial charge in [-0.1, -0.05) is 30.3 Å². The third-order valence-electron chi connectivity index (χ3n) is 4.59. The number of methoxy groups -OCH3 is 2. The molecule has 1 heterocycles. The Labute approximate surface area is 194 Å². The Balaban J connectivity index is 0.00000320. The molecule has 7 nitrogen and oxygen atoms in total. The Morgan fingerprint density at radius 1 is 0.967 bits per heavy atom. The molecule has 0 radical (unpaired) electrons. The first kappa shape index (κ1) is 23.5. The van der Waals surface area contributed by atoms with Crippen molar-refractivity contribution in [3.8, 4) is 11.5 Å². The van der Waals surface area contributed by atoms with E-state index in [2.05, 4.69) is 32.9 Å². The number of aromatic nitrogens is 2. The van der Waals surface area contributed by atoms with E-state index in [1.807, 2.05) is 47.3 Å². The topological polar surface area (TPSA) is 72.7 Å². The van der Waals surface area contributed by atoms with Crippen LogP contribution in [0.1, 0.15) is 16.7 Å². The zero-order valence-corrected chi connectivity index (χ0v) is 19.8. The highest BCUT2D eigenvalue weighted by atomic mass is 127. The van der Waals surface area contributed by atoms with Gasteiger partial charge in [0.15, 0.2) is 17.5 Å². The van der Waals surface area contributed by atoms with E-state index in [0.29, 0.717) is 24.6 Å². The van der Waals surface area contributed by atoms with Crippen LogP contribution in [-0.4, -0.2) is 37.0 Å². The average Bonchev–Trinajstić information content (AvgIpc) is 3.27. The maximum Gasteiger partial charge on any atom is 0.191 e. The van der Waals surface area contributed by atoms with Crippen LogP contribution in [0.4, 0.5) is 0 Å². The monoisotopic (exact) mass is 521 g/mol. The minimum absolute atomic E-state index is 0. The fraction of sp³-hybridized carbons (Fsp3) is 0.273. The second kappa shape index (κ2) is 12.1. The van der Waals surface area contributed by atoms with Gasteiger partial charge in [-0.3, -0.25) is 9.67 Å². The van der Waals surface area contributed by atoms with Crippen molar-refractivity contribution < 1.29 is 9.47 Å². The lowest BCUT2D eigenvalue weighted by Gasteiger charge is -2.15. The summed E-state index contributed by atoms with van der Waals surface area (Å²) in [5.74, 6) is 2.16. The third kappa shape index (κ3) is 6.38. The summed E-state index contributed by atoms with van der Waals surface area (Å²) < 4.78 is 12.6. The molecule has 1 aromatic heterocycles. The largest absolute Gasteiger partial charge is 0.493 e. The molecular weight excluding hydrogens is 493 g/mol. The molecule has 0 bridgehead atoms. The summed E-state index contributed by atoms with van der Waals surface area (Å²) in [6.07, 6.45) is 3.76. The first-order valence-corrected chi connectivity index (χ1v) is 9.43. The fourth-order valence-electron chi connectivity index (χ4n) is 3.03. The van der Waals surface area contributed by atoms with Gasteiger partial charge in [0.1, 0.15) is 0 Å². The SMILES string of the molecule is CN=C(NCc1ccc(OC)c(OC)c1)NCc1ccccc1Cn1cccn1.I. The Hall–Kier alpha value is -2.75. The number of ether oxygens (including phenoxy) is 2. The zero-order chi connectivity index (χ0) is 20.5. The number of rotatable bonds is 8. The standard InChI is InChI=1S/C22H27N5O2.HI/c1-23-22(24-14-17-9-10-20(28-2)21(13-17)29-3)25-15-18-7-4-5-8-19(18)16-27-12-6-11-26-27;/h4-13H,14-16H2,1-3H3,(H2,23,24,25);1H. The van der Waals surface area contributed by atoms with Crippen LogP contribution in [-0.2, 0) is 19.6 Å². The van der Waals surface area contributed by atoms with Gasteiger partial charge in [-0.25, -0.2) is 0 Å². The van der Waals surface area contributed by atoms with Gasteiger partial charge in [0, 0.05) is 32.5 Å². The van der Waals surface area contributed by atoms with Crippen LogP contribution in [0.2, 0.25) is 0 Å². The van der Waals surface area contributed by atoms with Gasteiger partial charge in [-0.15, -0.1) is 24.0 Å². The third-order valence-corrected chi connectivity index (χ3v) is 4.59. The van der Waals surface area contributed by atoms with Crippen molar-refractivity contribution in [3.63, 3.8) is 0 Å². The second-order valence-electron chi connectivity index (χ2n) is 6.44. The van der Waals surface area contributed by atoms with Crippen molar-refractivity contribution in [1.82, 2.24) is 20.4 Å². The fourth-order valence-corrected chi connectivity index (χ4v) is 3.03. The molecule has 0 aliphatic carbocycles. The Morgan fingerprint density at radius 2 is 1.70 bits per heavy atom. The van der Waals surface area contributed by atoms with Crippen LogP contribution in [0, 0.1) is 0 Å². The predicted octanol–water partition coefficient (Wildman–Crippen LogP) is 3.43. The van der Waals surface area contributed by atoms with Gasteiger partial charge >= 0.3 is 0 Å². The number of nitrogens with zero attached hydrogens (tertiary/aromatic N) is 3. The molecule has 0 spiro atoms. The number of nitrogens with one attached hydrogen (secondary N) is 2. The summed E-state index contributed by atoms with van der Waals surface area (Å²) in [5, 5.41) is 11.0. The summed E-state index contributed by atoms with van der Waals surface area (Å²) in [4.78, 5) is 4.32. The van der Waals surface area contributed by atoms with Crippen LogP contribution in [0.15, 0.2) is 65.9 Å². The smallest absolute Gasteiger partial charge is 0.191 e.